The molecule has 0 radical (unpaired) electrons. The largest absolute Gasteiger partial charge is 0.421 e. The van der Waals surface area contributed by atoms with Crippen LogP contribution >= 0.6 is 23.4 Å². The summed E-state index contributed by atoms with van der Waals surface area (Å²) in [5.41, 5.74) is 0.467. The highest BCUT2D eigenvalue weighted by atomic mass is 35.5. The van der Waals surface area contributed by atoms with Gasteiger partial charge in [-0.2, -0.15) is 0 Å². The summed E-state index contributed by atoms with van der Waals surface area (Å²) in [5, 5.41) is 1.20. The number of para-hydroxylation sites is 1. The quantitative estimate of drug-likeness (QED) is 0.300. The van der Waals surface area contributed by atoms with Gasteiger partial charge in [-0.05, 0) is 36.0 Å². The van der Waals surface area contributed by atoms with E-state index >= 15 is 0 Å². The Balaban J connectivity index is 1.57. The molecule has 0 saturated carbocycles. The maximum Gasteiger partial charge on any atom is 0.345 e. The number of fused-ring (bicyclic) bond motifs is 3. The van der Waals surface area contributed by atoms with Gasteiger partial charge in [0.25, 0.3) is 10.0 Å². The molecular formula is C19H10ClN3O4S2. The van der Waals surface area contributed by atoms with Crippen molar-refractivity contribution in [2.24, 2.45) is 0 Å². The number of imidazole rings is 1. The maximum absolute atomic E-state index is 12.9. The van der Waals surface area contributed by atoms with E-state index < -0.39 is 16.0 Å². The minimum Gasteiger partial charge on any atom is -0.421 e. The van der Waals surface area contributed by atoms with E-state index in [1.807, 2.05) is 12.1 Å². The molecule has 0 saturated heterocycles. The average molecular weight is 444 g/mol. The van der Waals surface area contributed by atoms with Crippen LogP contribution in [0.15, 0.2) is 76.0 Å². The van der Waals surface area contributed by atoms with Crippen molar-refractivity contribution >= 4 is 50.3 Å². The van der Waals surface area contributed by atoms with Crippen LogP contribution in [0, 0.1) is 0 Å². The fraction of sp³-hybridized carbons (Fsp3) is 0. The number of pyridine rings is 1. The van der Waals surface area contributed by atoms with Crippen LogP contribution in [0.2, 0.25) is 5.02 Å². The predicted octanol–water partition coefficient (Wildman–Crippen LogP) is 4.01. The molecule has 144 valence electrons. The van der Waals surface area contributed by atoms with Gasteiger partial charge < -0.3 is 4.74 Å². The normalized spacial score (nSPS) is 14.2. The van der Waals surface area contributed by atoms with Crippen LogP contribution in [-0.4, -0.2) is 28.3 Å². The zero-order valence-electron chi connectivity index (χ0n) is 14.4. The number of carbonyl (C=O) groups excluding carboxylic acids is 1. The summed E-state index contributed by atoms with van der Waals surface area (Å²) in [6, 6.07) is 11.5. The first-order valence-corrected chi connectivity index (χ1v) is 10.9. The van der Waals surface area contributed by atoms with Gasteiger partial charge >= 0.3 is 5.97 Å². The molecule has 5 rings (SSSR count). The minimum absolute atomic E-state index is 0.0274. The summed E-state index contributed by atoms with van der Waals surface area (Å²) in [6.07, 6.45) is 4.35. The van der Waals surface area contributed by atoms with E-state index in [-0.39, 0.29) is 21.2 Å². The molecule has 4 aromatic rings. The lowest BCUT2D eigenvalue weighted by Gasteiger charge is -2.19. The Kier molecular flexibility index (Phi) is 4.12. The summed E-state index contributed by atoms with van der Waals surface area (Å²) >= 11 is 7.44. The van der Waals surface area contributed by atoms with Crippen LogP contribution in [0.3, 0.4) is 0 Å². The van der Waals surface area contributed by atoms with Gasteiger partial charge in [0, 0.05) is 28.9 Å². The SMILES string of the molecule is O=C(Oc1cccc2cccnc12)c1cc2c(cc1Cl)Sc1nccn1S2(=O)=O. The van der Waals surface area contributed by atoms with E-state index in [4.69, 9.17) is 16.3 Å². The molecule has 7 nitrogen and oxygen atoms in total. The molecule has 0 bridgehead atoms. The predicted molar refractivity (Wildman–Crippen MR) is 107 cm³/mol. The van der Waals surface area contributed by atoms with Crippen molar-refractivity contribution < 1.29 is 17.9 Å². The number of esters is 1. The summed E-state index contributed by atoms with van der Waals surface area (Å²) in [5.74, 6) is -0.511. The minimum atomic E-state index is -3.88. The topological polar surface area (TPSA) is 91.2 Å². The number of aromatic nitrogens is 3. The van der Waals surface area contributed by atoms with E-state index in [2.05, 4.69) is 9.97 Å². The van der Waals surface area contributed by atoms with Crippen LogP contribution in [0.25, 0.3) is 10.9 Å². The third kappa shape index (κ3) is 2.89. The summed E-state index contributed by atoms with van der Waals surface area (Å²) in [6.45, 7) is 0. The fourth-order valence-electron chi connectivity index (χ4n) is 3.02. The Morgan fingerprint density at radius 1 is 1.10 bits per heavy atom. The summed E-state index contributed by atoms with van der Waals surface area (Å²) < 4.78 is 32.3. The lowest BCUT2D eigenvalue weighted by Crippen LogP contribution is -2.19. The van der Waals surface area contributed by atoms with Gasteiger partial charge in [-0.15, -0.1) is 0 Å². The molecule has 0 unspecified atom stereocenters. The summed E-state index contributed by atoms with van der Waals surface area (Å²) in [4.78, 5) is 21.5. The van der Waals surface area contributed by atoms with Crippen molar-refractivity contribution in [1.29, 1.82) is 0 Å². The molecular weight excluding hydrogens is 434 g/mol. The maximum atomic E-state index is 12.9. The van der Waals surface area contributed by atoms with Crippen LogP contribution in [0.1, 0.15) is 10.4 Å². The lowest BCUT2D eigenvalue weighted by molar-refractivity contribution is 0.0736. The van der Waals surface area contributed by atoms with Crippen LogP contribution < -0.4 is 4.74 Å². The molecule has 0 N–H and O–H groups in total. The van der Waals surface area contributed by atoms with E-state index in [0.717, 1.165) is 21.1 Å². The lowest BCUT2D eigenvalue weighted by atomic mass is 10.2. The van der Waals surface area contributed by atoms with E-state index in [9.17, 15) is 13.2 Å². The second-order valence-electron chi connectivity index (χ2n) is 6.11. The second kappa shape index (κ2) is 6.58. The van der Waals surface area contributed by atoms with Gasteiger partial charge in [-0.3, -0.25) is 4.98 Å². The van der Waals surface area contributed by atoms with Crippen molar-refractivity contribution in [3.63, 3.8) is 0 Å². The number of ether oxygens (including phenoxy) is 1. The number of hydrogen-bond acceptors (Lipinski definition) is 7. The Hall–Kier alpha value is -2.88. The fourth-order valence-corrected chi connectivity index (χ4v) is 6.23. The third-order valence-electron chi connectivity index (χ3n) is 4.37. The van der Waals surface area contributed by atoms with Crippen molar-refractivity contribution in [1.82, 2.24) is 13.9 Å². The van der Waals surface area contributed by atoms with Gasteiger partial charge in [0.2, 0.25) is 0 Å². The first-order valence-electron chi connectivity index (χ1n) is 8.31. The Morgan fingerprint density at radius 2 is 1.93 bits per heavy atom. The van der Waals surface area contributed by atoms with Gasteiger partial charge in [-0.1, -0.05) is 29.8 Å². The zero-order valence-corrected chi connectivity index (χ0v) is 16.8. The molecule has 3 heterocycles. The van der Waals surface area contributed by atoms with Crippen molar-refractivity contribution in [3.8, 4) is 5.75 Å². The standard InChI is InChI=1S/C19H10ClN3O4S2/c20-13-10-15-16(29(25,26)23-8-7-22-19(23)28-15)9-12(13)18(24)27-14-5-1-3-11-4-2-6-21-17(11)14/h1-10H. The van der Waals surface area contributed by atoms with E-state index in [0.29, 0.717) is 15.6 Å². The molecule has 0 amide bonds. The van der Waals surface area contributed by atoms with Crippen LogP contribution in [0.5, 0.6) is 5.75 Å². The molecule has 0 fully saturated rings. The molecule has 1 aliphatic rings. The van der Waals surface area contributed by atoms with Gasteiger partial charge in [0.05, 0.1) is 10.6 Å². The first kappa shape index (κ1) is 18.2. The number of nitrogens with zero attached hydrogens (tertiary/aromatic N) is 3. The third-order valence-corrected chi connectivity index (χ3v) is 7.67. The molecule has 0 spiro atoms. The zero-order chi connectivity index (χ0) is 20.2. The monoisotopic (exact) mass is 443 g/mol. The number of carbonyl (C=O) groups is 1. The number of halogens is 1. The molecule has 1 aliphatic heterocycles. The van der Waals surface area contributed by atoms with E-state index in [1.165, 1.54) is 24.5 Å². The van der Waals surface area contributed by atoms with Crippen LogP contribution in [-0.2, 0) is 10.0 Å². The van der Waals surface area contributed by atoms with Crippen LogP contribution in [0.4, 0.5) is 0 Å². The second-order valence-corrected chi connectivity index (χ2v) is 9.31. The Labute approximate surface area is 174 Å². The highest BCUT2D eigenvalue weighted by Crippen LogP contribution is 2.41. The number of hydrogen-bond donors (Lipinski definition) is 0. The van der Waals surface area contributed by atoms with Gasteiger partial charge in [-0.25, -0.2) is 22.2 Å². The van der Waals surface area contributed by atoms with E-state index in [1.54, 1.807) is 24.4 Å². The Bertz CT molecular complexity index is 1410. The highest BCUT2D eigenvalue weighted by molar-refractivity contribution is 8.01. The molecule has 0 aliphatic carbocycles. The number of rotatable bonds is 2. The molecule has 2 aromatic carbocycles. The molecule has 29 heavy (non-hydrogen) atoms. The Morgan fingerprint density at radius 3 is 2.79 bits per heavy atom. The number of benzene rings is 2. The highest BCUT2D eigenvalue weighted by Gasteiger charge is 2.32. The van der Waals surface area contributed by atoms with Crippen molar-refractivity contribution in [2.45, 2.75) is 14.9 Å². The van der Waals surface area contributed by atoms with Crippen molar-refractivity contribution in [2.75, 3.05) is 0 Å². The molecule has 0 atom stereocenters. The van der Waals surface area contributed by atoms with Crippen molar-refractivity contribution in [3.05, 3.63) is 71.6 Å². The first-order chi connectivity index (χ1) is 13.9. The average Bonchev–Trinajstić information content (AvgIpc) is 3.17. The van der Waals surface area contributed by atoms with Gasteiger partial charge in [0.1, 0.15) is 10.4 Å². The van der Waals surface area contributed by atoms with Gasteiger partial charge in [0.15, 0.2) is 10.9 Å². The molecule has 2 aromatic heterocycles. The smallest absolute Gasteiger partial charge is 0.345 e. The summed E-state index contributed by atoms with van der Waals surface area (Å²) in [7, 11) is -3.88. The molecule has 10 heteroatoms.